The Morgan fingerprint density at radius 1 is 1.03 bits per heavy atom. The number of carbonyl (C=O) groups is 2. The van der Waals surface area contributed by atoms with Gasteiger partial charge >= 0.3 is 0 Å². The van der Waals surface area contributed by atoms with E-state index in [2.05, 4.69) is 29.6 Å². The van der Waals surface area contributed by atoms with Crippen molar-refractivity contribution < 1.29 is 14.3 Å². The summed E-state index contributed by atoms with van der Waals surface area (Å²) in [6.45, 7) is 5.89. The van der Waals surface area contributed by atoms with E-state index in [1.165, 1.54) is 0 Å². The van der Waals surface area contributed by atoms with E-state index >= 15 is 0 Å². The van der Waals surface area contributed by atoms with E-state index in [1.54, 1.807) is 36.4 Å². The molecular formula is C22H26N4O3. The maximum atomic E-state index is 12.2. The summed E-state index contributed by atoms with van der Waals surface area (Å²) in [5.74, 6) is -0.430. The molecule has 0 heterocycles. The topological polar surface area (TPSA) is 94.5 Å². The van der Waals surface area contributed by atoms with Crippen LogP contribution in [0.1, 0.15) is 42.6 Å². The molecule has 2 aromatic rings. The molecule has 7 nitrogen and oxygen atoms in total. The summed E-state index contributed by atoms with van der Waals surface area (Å²) in [5, 5.41) is 8.75. The minimum atomic E-state index is -0.490. The Morgan fingerprint density at radius 2 is 1.72 bits per heavy atom. The molecule has 7 heteroatoms. The fourth-order valence-electron chi connectivity index (χ4n) is 2.65. The van der Waals surface area contributed by atoms with Gasteiger partial charge < -0.3 is 9.64 Å². The molecule has 0 saturated carbocycles. The Bertz CT molecular complexity index is 842. The van der Waals surface area contributed by atoms with Crippen LogP contribution in [0.5, 0.6) is 5.75 Å². The second-order valence-corrected chi connectivity index (χ2v) is 6.41. The van der Waals surface area contributed by atoms with Gasteiger partial charge in [-0.05, 0) is 61.9 Å². The summed E-state index contributed by atoms with van der Waals surface area (Å²) in [5.41, 5.74) is 6.73. The Morgan fingerprint density at radius 3 is 2.31 bits per heavy atom. The molecule has 0 atom stereocenters. The summed E-state index contributed by atoms with van der Waals surface area (Å²) in [7, 11) is 0. The highest BCUT2D eigenvalue weighted by atomic mass is 16.5. The molecule has 0 aliphatic rings. The number of amides is 2. The van der Waals surface area contributed by atoms with Gasteiger partial charge in [0.15, 0.2) is 6.61 Å². The first-order valence-electron chi connectivity index (χ1n) is 9.64. The molecule has 0 radical (unpaired) electrons. The maximum Gasteiger partial charge on any atom is 0.276 e. The number of ether oxygens (including phenoxy) is 1. The van der Waals surface area contributed by atoms with Gasteiger partial charge in [0.25, 0.3) is 11.8 Å². The van der Waals surface area contributed by atoms with Crippen LogP contribution in [0.15, 0.2) is 48.5 Å². The molecule has 2 N–H and O–H groups in total. The number of carbonyl (C=O) groups excluding carboxylic acids is 2. The number of hydrazine groups is 1. The van der Waals surface area contributed by atoms with Crippen LogP contribution in [0.25, 0.3) is 0 Å². The fraction of sp³-hybridized carbons (Fsp3) is 0.318. The fourth-order valence-corrected chi connectivity index (χ4v) is 2.65. The molecule has 0 fully saturated rings. The van der Waals surface area contributed by atoms with E-state index in [-0.39, 0.29) is 6.61 Å². The molecular weight excluding hydrogens is 368 g/mol. The Kier molecular flexibility index (Phi) is 8.51. The second-order valence-electron chi connectivity index (χ2n) is 6.41. The number of rotatable bonds is 9. The van der Waals surface area contributed by atoms with Gasteiger partial charge in [-0.15, -0.1) is 0 Å². The van der Waals surface area contributed by atoms with E-state index in [0.717, 1.165) is 31.6 Å². The number of unbranched alkanes of at least 4 members (excludes halogenated alkanes) is 1. The number of hydrogen-bond acceptors (Lipinski definition) is 5. The maximum absolute atomic E-state index is 12.2. The smallest absolute Gasteiger partial charge is 0.276 e. The van der Waals surface area contributed by atoms with Crippen LogP contribution in [-0.4, -0.2) is 31.5 Å². The summed E-state index contributed by atoms with van der Waals surface area (Å²) in [6, 6.07) is 15.7. The van der Waals surface area contributed by atoms with Crippen LogP contribution in [0, 0.1) is 11.3 Å². The average molecular weight is 394 g/mol. The number of hydrogen-bond donors (Lipinski definition) is 2. The van der Waals surface area contributed by atoms with Crippen molar-refractivity contribution in [2.75, 3.05) is 24.6 Å². The first-order valence-corrected chi connectivity index (χ1v) is 9.64. The van der Waals surface area contributed by atoms with Gasteiger partial charge in [-0.3, -0.25) is 20.4 Å². The lowest BCUT2D eigenvalue weighted by atomic mass is 10.1. The Labute approximate surface area is 171 Å². The van der Waals surface area contributed by atoms with E-state index < -0.39 is 11.8 Å². The third kappa shape index (κ3) is 6.85. The van der Waals surface area contributed by atoms with Crippen molar-refractivity contribution in [2.24, 2.45) is 0 Å². The minimum Gasteiger partial charge on any atom is -0.484 e. The molecule has 0 aromatic heterocycles. The zero-order valence-electron chi connectivity index (χ0n) is 16.8. The van der Waals surface area contributed by atoms with Gasteiger partial charge in [-0.25, -0.2) is 0 Å². The number of nitrogens with zero attached hydrogens (tertiary/aromatic N) is 2. The highest BCUT2D eigenvalue weighted by Gasteiger charge is 2.10. The predicted molar refractivity (Wildman–Crippen MR) is 111 cm³/mol. The first kappa shape index (κ1) is 21.8. The minimum absolute atomic E-state index is 0.256. The molecule has 0 saturated heterocycles. The summed E-state index contributed by atoms with van der Waals surface area (Å²) < 4.78 is 5.31. The lowest BCUT2D eigenvalue weighted by molar-refractivity contribution is -0.123. The van der Waals surface area contributed by atoms with Crippen molar-refractivity contribution in [1.29, 1.82) is 5.26 Å². The molecule has 152 valence electrons. The zero-order chi connectivity index (χ0) is 21.1. The normalized spacial score (nSPS) is 9.97. The Hall–Kier alpha value is -3.53. The van der Waals surface area contributed by atoms with Crippen LogP contribution >= 0.6 is 0 Å². The zero-order valence-corrected chi connectivity index (χ0v) is 16.8. The molecule has 2 rings (SSSR count). The largest absolute Gasteiger partial charge is 0.484 e. The molecule has 0 aliphatic heterocycles. The van der Waals surface area contributed by atoms with Crippen molar-refractivity contribution in [3.63, 3.8) is 0 Å². The number of nitriles is 1. The number of anilines is 1. The quantitative estimate of drug-likeness (QED) is 0.638. The third-order valence-electron chi connectivity index (χ3n) is 4.33. The van der Waals surface area contributed by atoms with Crippen molar-refractivity contribution in [3.05, 3.63) is 59.7 Å². The highest BCUT2D eigenvalue weighted by Crippen LogP contribution is 2.16. The van der Waals surface area contributed by atoms with Crippen LogP contribution < -0.4 is 20.5 Å². The van der Waals surface area contributed by atoms with Crippen molar-refractivity contribution in [1.82, 2.24) is 10.9 Å². The van der Waals surface area contributed by atoms with Crippen LogP contribution in [-0.2, 0) is 4.79 Å². The molecule has 0 unspecified atom stereocenters. The molecule has 0 spiro atoms. The highest BCUT2D eigenvalue weighted by molar-refractivity contribution is 5.95. The number of nitrogens with one attached hydrogen (secondary N) is 2. The van der Waals surface area contributed by atoms with Crippen LogP contribution in [0.3, 0.4) is 0 Å². The molecule has 2 aromatic carbocycles. The van der Waals surface area contributed by atoms with Crippen molar-refractivity contribution in [2.45, 2.75) is 26.7 Å². The van der Waals surface area contributed by atoms with Crippen LogP contribution in [0.2, 0.25) is 0 Å². The van der Waals surface area contributed by atoms with Crippen LogP contribution in [0.4, 0.5) is 5.69 Å². The first-order chi connectivity index (χ1) is 14.1. The Balaban J connectivity index is 1.80. The molecule has 0 bridgehead atoms. The second kappa shape index (κ2) is 11.3. The predicted octanol–water partition coefficient (Wildman–Crippen LogP) is 3.02. The van der Waals surface area contributed by atoms with Crippen molar-refractivity contribution in [3.8, 4) is 11.8 Å². The lowest BCUT2D eigenvalue weighted by Gasteiger charge is -2.23. The molecule has 2 amide bonds. The van der Waals surface area contributed by atoms with Gasteiger partial charge in [0.2, 0.25) is 0 Å². The number of benzene rings is 2. The standard InChI is InChI=1S/C22H26N4O3/c1-3-5-14-26(4-2)19-10-8-18(9-11-19)22(28)25-24-21(27)16-29-20-12-6-17(15-23)7-13-20/h6-13H,3-5,14,16H2,1-2H3,(H,24,27)(H,25,28). The van der Waals surface area contributed by atoms with Gasteiger partial charge in [0.05, 0.1) is 11.6 Å². The SMILES string of the molecule is CCCCN(CC)c1ccc(C(=O)NNC(=O)COc2ccc(C#N)cc2)cc1. The third-order valence-corrected chi connectivity index (χ3v) is 4.33. The van der Waals surface area contributed by atoms with Gasteiger partial charge in [-0.1, -0.05) is 13.3 Å². The van der Waals surface area contributed by atoms with E-state index in [9.17, 15) is 9.59 Å². The van der Waals surface area contributed by atoms with Gasteiger partial charge in [-0.2, -0.15) is 5.26 Å². The van der Waals surface area contributed by atoms with E-state index in [4.69, 9.17) is 10.00 Å². The lowest BCUT2D eigenvalue weighted by Crippen LogP contribution is -2.43. The molecule has 0 aliphatic carbocycles. The average Bonchev–Trinajstić information content (AvgIpc) is 2.77. The van der Waals surface area contributed by atoms with E-state index in [1.807, 2.05) is 18.2 Å². The monoisotopic (exact) mass is 394 g/mol. The molecule has 29 heavy (non-hydrogen) atoms. The summed E-state index contributed by atoms with van der Waals surface area (Å²) in [6.07, 6.45) is 2.25. The van der Waals surface area contributed by atoms with Gasteiger partial charge in [0.1, 0.15) is 5.75 Å². The van der Waals surface area contributed by atoms with E-state index in [0.29, 0.717) is 16.9 Å². The summed E-state index contributed by atoms with van der Waals surface area (Å²) in [4.78, 5) is 26.3. The summed E-state index contributed by atoms with van der Waals surface area (Å²) >= 11 is 0. The van der Waals surface area contributed by atoms with Crippen molar-refractivity contribution >= 4 is 17.5 Å². The van der Waals surface area contributed by atoms with Gasteiger partial charge in [0, 0.05) is 24.3 Å².